The van der Waals surface area contributed by atoms with E-state index < -0.39 is 36.1 Å². The largest absolute Gasteiger partial charge is 0.403 e. The van der Waals surface area contributed by atoms with E-state index in [1.807, 2.05) is 104 Å². The van der Waals surface area contributed by atoms with Gasteiger partial charge >= 0.3 is 0 Å². The molecule has 0 fully saturated rings. The van der Waals surface area contributed by atoms with E-state index in [9.17, 15) is 13.5 Å². The van der Waals surface area contributed by atoms with E-state index in [0.29, 0.717) is 11.1 Å². The molecule has 0 saturated heterocycles. The van der Waals surface area contributed by atoms with E-state index in [1.165, 1.54) is 0 Å². The fraction of sp³-hybridized carbons (Fsp3) is 0.273. The number of rotatable bonds is 11. The zero-order valence-corrected chi connectivity index (χ0v) is 26.1. The second-order valence-corrected chi connectivity index (χ2v) is 17.5. The lowest BCUT2D eigenvalue weighted by atomic mass is 9.78. The summed E-state index contributed by atoms with van der Waals surface area (Å²) in [6.07, 6.45) is 0.399. The minimum atomic E-state index is -3.67. The van der Waals surface area contributed by atoms with E-state index in [1.54, 1.807) is 0 Å². The predicted molar refractivity (Wildman–Crippen MR) is 169 cm³/mol. The summed E-state index contributed by atoms with van der Waals surface area (Å²) in [5.74, 6) is 0. The van der Waals surface area contributed by atoms with Crippen molar-refractivity contribution in [1.29, 1.82) is 0 Å². The van der Waals surface area contributed by atoms with Crippen molar-refractivity contribution in [1.82, 2.24) is 10.3 Å². The van der Waals surface area contributed by atoms with E-state index in [4.69, 9.17) is 4.43 Å². The fourth-order valence-corrected chi connectivity index (χ4v) is 10.7. The molecule has 8 heteroatoms. The van der Waals surface area contributed by atoms with Crippen LogP contribution < -0.4 is 20.6 Å². The molecule has 216 valence electrons. The molecule has 0 aliphatic heterocycles. The minimum absolute atomic E-state index is 0.323. The first-order valence-corrected chi connectivity index (χ1v) is 17.5. The highest BCUT2D eigenvalue weighted by molar-refractivity contribution is 7.88. The smallest absolute Gasteiger partial charge is 0.261 e. The van der Waals surface area contributed by atoms with Gasteiger partial charge in [0, 0.05) is 0 Å². The zero-order chi connectivity index (χ0) is 29.7. The van der Waals surface area contributed by atoms with Gasteiger partial charge in [0.2, 0.25) is 10.0 Å². The van der Waals surface area contributed by atoms with Crippen LogP contribution in [0.15, 0.2) is 121 Å². The van der Waals surface area contributed by atoms with Crippen molar-refractivity contribution in [3.63, 3.8) is 0 Å². The summed E-state index contributed by atoms with van der Waals surface area (Å²) in [7, 11) is -6.73. The van der Waals surface area contributed by atoms with E-state index in [-0.39, 0.29) is 5.04 Å². The molecule has 0 bridgehead atoms. The molecular weight excluding hydrogens is 549 g/mol. The summed E-state index contributed by atoms with van der Waals surface area (Å²) in [4.78, 5) is 2.45. The number of hydrazine groups is 1. The average molecular weight is 589 g/mol. The van der Waals surface area contributed by atoms with Crippen molar-refractivity contribution in [2.75, 3.05) is 6.26 Å². The molecule has 0 heterocycles. The van der Waals surface area contributed by atoms with Gasteiger partial charge in [-0.15, -0.1) is 0 Å². The number of benzene rings is 4. The lowest BCUT2D eigenvalue weighted by molar-refractivity contribution is -0.0132. The Morgan fingerprint density at radius 1 is 0.707 bits per heavy atom. The zero-order valence-electron chi connectivity index (χ0n) is 24.3. The Kier molecular flexibility index (Phi) is 9.33. The van der Waals surface area contributed by atoms with E-state index in [0.717, 1.165) is 16.6 Å². The molecule has 0 radical (unpaired) electrons. The van der Waals surface area contributed by atoms with Gasteiger partial charge in [0.05, 0.1) is 18.4 Å². The predicted octanol–water partition coefficient (Wildman–Crippen LogP) is 4.31. The summed E-state index contributed by atoms with van der Waals surface area (Å²) < 4.78 is 32.1. The first kappa shape index (κ1) is 30.8. The van der Waals surface area contributed by atoms with Crippen LogP contribution in [0.4, 0.5) is 0 Å². The average Bonchev–Trinajstić information content (AvgIpc) is 2.96. The highest BCUT2D eigenvalue weighted by Crippen LogP contribution is 2.40. The van der Waals surface area contributed by atoms with Crippen LogP contribution >= 0.6 is 0 Å². The molecule has 4 aromatic rings. The Hall–Kier alpha value is -3.11. The van der Waals surface area contributed by atoms with Crippen molar-refractivity contribution in [2.24, 2.45) is 0 Å². The molecule has 0 spiro atoms. The van der Waals surface area contributed by atoms with Crippen LogP contribution in [-0.2, 0) is 20.1 Å². The van der Waals surface area contributed by atoms with Crippen molar-refractivity contribution in [3.8, 4) is 0 Å². The third-order valence-electron chi connectivity index (χ3n) is 7.53. The summed E-state index contributed by atoms with van der Waals surface area (Å²) in [6.45, 7) is 8.45. The first-order valence-electron chi connectivity index (χ1n) is 13.7. The summed E-state index contributed by atoms with van der Waals surface area (Å²) >= 11 is 0. The number of aliphatic hydroxyl groups is 1. The van der Waals surface area contributed by atoms with Crippen LogP contribution in [-0.4, -0.2) is 40.2 Å². The van der Waals surface area contributed by atoms with Gasteiger partial charge in [0.25, 0.3) is 8.32 Å². The molecule has 0 aliphatic rings. The molecule has 2 atom stereocenters. The fourth-order valence-electron chi connectivity index (χ4n) is 5.68. The Morgan fingerprint density at radius 3 is 1.41 bits per heavy atom. The normalized spacial score (nSPS) is 14.4. The maximum absolute atomic E-state index is 12.8. The Labute approximate surface area is 245 Å². The summed E-state index contributed by atoms with van der Waals surface area (Å²) in [5.41, 5.74) is 2.54. The van der Waals surface area contributed by atoms with Gasteiger partial charge in [-0.1, -0.05) is 142 Å². The van der Waals surface area contributed by atoms with Crippen LogP contribution in [0.5, 0.6) is 0 Å². The van der Waals surface area contributed by atoms with Crippen LogP contribution in [0.1, 0.15) is 38.8 Å². The van der Waals surface area contributed by atoms with Gasteiger partial charge in [-0.25, -0.2) is 13.8 Å². The topological polar surface area (TPSA) is 87.7 Å². The van der Waals surface area contributed by atoms with E-state index in [2.05, 4.69) is 55.3 Å². The Morgan fingerprint density at radius 2 is 1.07 bits per heavy atom. The van der Waals surface area contributed by atoms with Crippen molar-refractivity contribution < 1.29 is 18.0 Å². The number of nitrogens with one attached hydrogen (secondary N) is 2. The van der Waals surface area contributed by atoms with Crippen LogP contribution in [0.2, 0.25) is 5.04 Å². The maximum atomic E-state index is 12.8. The van der Waals surface area contributed by atoms with Gasteiger partial charge in [-0.05, 0) is 33.5 Å². The molecule has 41 heavy (non-hydrogen) atoms. The molecule has 0 aromatic heterocycles. The SMILES string of the molecule is CC(O[Si](c1ccccc1)(c1ccccc1)C(C)(C)C)C(NNS(C)(=O)=O)C(O)(c1ccccc1)c1ccccc1. The third-order valence-corrected chi connectivity index (χ3v) is 13.1. The lowest BCUT2D eigenvalue weighted by Crippen LogP contribution is -2.70. The maximum Gasteiger partial charge on any atom is 0.261 e. The summed E-state index contributed by atoms with van der Waals surface area (Å²) in [5, 5.41) is 14.6. The number of hydrogen-bond acceptors (Lipinski definition) is 5. The van der Waals surface area contributed by atoms with Gasteiger partial charge in [0.1, 0.15) is 5.60 Å². The highest BCUT2D eigenvalue weighted by Gasteiger charge is 2.54. The minimum Gasteiger partial charge on any atom is -0.403 e. The van der Waals surface area contributed by atoms with Gasteiger partial charge < -0.3 is 9.53 Å². The van der Waals surface area contributed by atoms with Crippen LogP contribution in [0.25, 0.3) is 0 Å². The molecule has 6 nitrogen and oxygen atoms in total. The first-order chi connectivity index (χ1) is 19.4. The van der Waals surface area contributed by atoms with Crippen molar-refractivity contribution in [2.45, 2.75) is 50.5 Å². The molecule has 0 aliphatic carbocycles. The lowest BCUT2D eigenvalue weighted by Gasteiger charge is -2.48. The molecule has 3 N–H and O–H groups in total. The monoisotopic (exact) mass is 588 g/mol. The number of hydrogen-bond donors (Lipinski definition) is 3. The molecule has 0 saturated carbocycles. The molecule has 2 unspecified atom stereocenters. The quantitative estimate of drug-likeness (QED) is 0.180. The van der Waals surface area contributed by atoms with Crippen LogP contribution in [0, 0.1) is 0 Å². The Bertz CT molecular complexity index is 1420. The molecule has 0 amide bonds. The van der Waals surface area contributed by atoms with Gasteiger partial charge in [-0.2, -0.15) is 4.83 Å². The van der Waals surface area contributed by atoms with E-state index >= 15 is 0 Å². The highest BCUT2D eigenvalue weighted by atomic mass is 32.2. The van der Waals surface area contributed by atoms with Gasteiger partial charge in [0.15, 0.2) is 0 Å². The van der Waals surface area contributed by atoms with Crippen molar-refractivity contribution >= 4 is 28.7 Å². The molecule has 4 rings (SSSR count). The second-order valence-electron chi connectivity index (χ2n) is 11.5. The van der Waals surface area contributed by atoms with Gasteiger partial charge in [-0.3, -0.25) is 0 Å². The van der Waals surface area contributed by atoms with Crippen LogP contribution in [0.3, 0.4) is 0 Å². The standard InChI is InChI=1S/C33H40N2O4SSi/c1-26(39-41(32(2,3)4,29-22-14-8-15-23-29)30-24-16-9-17-25-30)31(34-35-40(5,37)38)33(36,27-18-10-6-11-19-27)28-20-12-7-13-21-28/h6-26,31,34-36H,1-5H3. The number of sulfonamides is 1. The Balaban J connectivity index is 1.95. The summed E-state index contributed by atoms with van der Waals surface area (Å²) in [6, 6.07) is 38.1. The van der Waals surface area contributed by atoms with Crippen molar-refractivity contribution in [3.05, 3.63) is 132 Å². The third kappa shape index (κ3) is 6.53. The molecule has 4 aromatic carbocycles. The molecular formula is C33H40N2O4SSi. The second kappa shape index (κ2) is 12.4.